The number of benzene rings is 1. The molecule has 1 aromatic rings. The van der Waals surface area contributed by atoms with Crippen molar-refractivity contribution in [2.75, 3.05) is 14.2 Å². The van der Waals surface area contributed by atoms with Crippen LogP contribution in [0.2, 0.25) is 0 Å². The van der Waals surface area contributed by atoms with E-state index in [-0.39, 0.29) is 23.2 Å². The van der Waals surface area contributed by atoms with Gasteiger partial charge < -0.3 is 14.2 Å². The van der Waals surface area contributed by atoms with Gasteiger partial charge in [0.25, 0.3) is 0 Å². The molecule has 0 radical (unpaired) electrons. The zero-order valence-electron chi connectivity index (χ0n) is 18.8. The number of fused-ring (bicyclic) bond motifs is 3. The first kappa shape index (κ1) is 20.6. The molecule has 3 aliphatic rings. The Balaban J connectivity index is 1.77. The third-order valence-corrected chi connectivity index (χ3v) is 8.77. The van der Waals surface area contributed by atoms with Crippen molar-refractivity contribution in [3.05, 3.63) is 23.8 Å². The number of carbonyl (C=O) groups excluding carboxylic acids is 1. The predicted octanol–water partition coefficient (Wildman–Crippen LogP) is 5.74. The van der Waals surface area contributed by atoms with Gasteiger partial charge in [0, 0.05) is 17.9 Å². The second kappa shape index (κ2) is 6.92. The van der Waals surface area contributed by atoms with Crippen molar-refractivity contribution in [1.82, 2.24) is 0 Å². The molecule has 0 aromatic heterocycles. The first-order chi connectivity index (χ1) is 13.7. The van der Waals surface area contributed by atoms with Crippen LogP contribution in [-0.4, -0.2) is 25.8 Å². The molecule has 3 fully saturated rings. The molecule has 1 heterocycles. The number of esters is 1. The number of methoxy groups -OCH3 is 2. The molecule has 4 nitrogen and oxygen atoms in total. The fourth-order valence-corrected chi connectivity index (χ4v) is 7.32. The lowest BCUT2D eigenvalue weighted by molar-refractivity contribution is -0.175. The summed E-state index contributed by atoms with van der Waals surface area (Å²) in [4.78, 5) is 12.7. The summed E-state index contributed by atoms with van der Waals surface area (Å²) in [5, 5.41) is 0. The molecule has 29 heavy (non-hydrogen) atoms. The second-order valence-electron chi connectivity index (χ2n) is 10.5. The molecule has 4 heteroatoms. The molecule has 0 amide bonds. The van der Waals surface area contributed by atoms with Gasteiger partial charge in [0.1, 0.15) is 17.1 Å². The van der Waals surface area contributed by atoms with Crippen LogP contribution in [0, 0.1) is 22.7 Å². The topological polar surface area (TPSA) is 44.8 Å². The standard InChI is InChI=1S/C25H36O4/c1-16(17-12-18(27-5)14-19(13-17)28-6)25-11-8-20-23(2,3)9-7-10-24(20,4)21(25)15-22(26)29-25/h12-14,16,20-21H,7-11,15H2,1-6H3/t16?,20-,21+,24-,25?/m0/s1. The van der Waals surface area contributed by atoms with Crippen molar-refractivity contribution in [3.63, 3.8) is 0 Å². The summed E-state index contributed by atoms with van der Waals surface area (Å²) in [6, 6.07) is 6.04. The zero-order chi connectivity index (χ0) is 21.0. The largest absolute Gasteiger partial charge is 0.497 e. The van der Waals surface area contributed by atoms with Gasteiger partial charge >= 0.3 is 5.97 Å². The molecular formula is C25H36O4. The van der Waals surface area contributed by atoms with E-state index in [1.54, 1.807) is 14.2 Å². The van der Waals surface area contributed by atoms with Gasteiger partial charge in [0.2, 0.25) is 0 Å². The van der Waals surface area contributed by atoms with Crippen LogP contribution in [0.5, 0.6) is 11.5 Å². The van der Waals surface area contributed by atoms with Crippen LogP contribution in [0.25, 0.3) is 0 Å². The molecule has 2 unspecified atom stereocenters. The molecule has 0 bridgehead atoms. The predicted molar refractivity (Wildman–Crippen MR) is 113 cm³/mol. The molecule has 1 saturated heterocycles. The molecule has 2 saturated carbocycles. The first-order valence-corrected chi connectivity index (χ1v) is 11.1. The molecule has 4 rings (SSSR count). The van der Waals surface area contributed by atoms with Gasteiger partial charge in [-0.3, -0.25) is 4.79 Å². The maximum Gasteiger partial charge on any atom is 0.306 e. The summed E-state index contributed by atoms with van der Waals surface area (Å²) in [7, 11) is 3.35. The van der Waals surface area contributed by atoms with Gasteiger partial charge in [-0.15, -0.1) is 0 Å². The van der Waals surface area contributed by atoms with Crippen LogP contribution >= 0.6 is 0 Å². The normalized spacial score (nSPS) is 36.6. The summed E-state index contributed by atoms with van der Waals surface area (Å²) in [6.07, 6.45) is 6.33. The third kappa shape index (κ3) is 3.05. The second-order valence-corrected chi connectivity index (χ2v) is 10.5. The number of carbonyl (C=O) groups is 1. The summed E-state index contributed by atoms with van der Waals surface area (Å²) in [5.74, 6) is 2.52. The molecule has 160 valence electrons. The fourth-order valence-electron chi connectivity index (χ4n) is 7.32. The minimum Gasteiger partial charge on any atom is -0.497 e. The van der Waals surface area contributed by atoms with E-state index in [0.717, 1.165) is 29.9 Å². The maximum atomic E-state index is 12.7. The van der Waals surface area contributed by atoms with Gasteiger partial charge in [-0.2, -0.15) is 0 Å². The van der Waals surface area contributed by atoms with Gasteiger partial charge in [-0.05, 0) is 60.1 Å². The van der Waals surface area contributed by atoms with E-state index in [1.165, 1.54) is 19.3 Å². The lowest BCUT2D eigenvalue weighted by Crippen LogP contribution is -2.58. The van der Waals surface area contributed by atoms with E-state index in [9.17, 15) is 4.79 Å². The van der Waals surface area contributed by atoms with Crippen LogP contribution in [0.1, 0.15) is 77.7 Å². The number of ether oxygens (including phenoxy) is 3. The molecule has 1 aliphatic heterocycles. The van der Waals surface area contributed by atoms with Crippen molar-refractivity contribution in [2.24, 2.45) is 22.7 Å². The molecular weight excluding hydrogens is 364 g/mol. The maximum absolute atomic E-state index is 12.7. The van der Waals surface area contributed by atoms with Crippen molar-refractivity contribution >= 4 is 5.97 Å². The minimum atomic E-state index is -0.437. The van der Waals surface area contributed by atoms with E-state index >= 15 is 0 Å². The van der Waals surface area contributed by atoms with Crippen LogP contribution in [-0.2, 0) is 9.53 Å². The zero-order valence-corrected chi connectivity index (χ0v) is 18.8. The monoisotopic (exact) mass is 400 g/mol. The summed E-state index contributed by atoms with van der Waals surface area (Å²) >= 11 is 0. The van der Waals surface area contributed by atoms with Crippen LogP contribution < -0.4 is 9.47 Å². The van der Waals surface area contributed by atoms with Crippen molar-refractivity contribution in [3.8, 4) is 11.5 Å². The Bertz CT molecular complexity index is 778. The minimum absolute atomic E-state index is 0.0260. The van der Waals surface area contributed by atoms with E-state index in [2.05, 4.69) is 39.8 Å². The molecule has 0 spiro atoms. The van der Waals surface area contributed by atoms with E-state index in [1.807, 2.05) is 6.07 Å². The third-order valence-electron chi connectivity index (χ3n) is 8.77. The highest BCUT2D eigenvalue weighted by Crippen LogP contribution is 2.67. The number of hydrogen-bond acceptors (Lipinski definition) is 4. The van der Waals surface area contributed by atoms with Gasteiger partial charge in [0.15, 0.2) is 0 Å². The Kier molecular flexibility index (Phi) is 4.91. The molecule has 2 aliphatic carbocycles. The first-order valence-electron chi connectivity index (χ1n) is 11.1. The van der Waals surface area contributed by atoms with Gasteiger partial charge in [-0.25, -0.2) is 0 Å². The average molecular weight is 401 g/mol. The summed E-state index contributed by atoms with van der Waals surface area (Å²) in [5.41, 5.74) is 1.15. The summed E-state index contributed by atoms with van der Waals surface area (Å²) < 4.78 is 17.3. The fraction of sp³-hybridized carbons (Fsp3) is 0.720. The van der Waals surface area contributed by atoms with Crippen LogP contribution in [0.15, 0.2) is 18.2 Å². The van der Waals surface area contributed by atoms with Crippen molar-refractivity contribution in [2.45, 2.75) is 77.7 Å². The Morgan fingerprint density at radius 1 is 1.00 bits per heavy atom. The van der Waals surface area contributed by atoms with Crippen LogP contribution in [0.3, 0.4) is 0 Å². The highest BCUT2D eigenvalue weighted by molar-refractivity contribution is 5.73. The Hall–Kier alpha value is -1.71. The lowest BCUT2D eigenvalue weighted by atomic mass is 9.44. The quantitative estimate of drug-likeness (QED) is 0.605. The lowest BCUT2D eigenvalue weighted by Gasteiger charge is -2.61. The van der Waals surface area contributed by atoms with Crippen molar-refractivity contribution < 1.29 is 19.0 Å². The Labute approximate surface area is 175 Å². The van der Waals surface area contributed by atoms with Gasteiger partial charge in [-0.1, -0.05) is 34.1 Å². The Morgan fingerprint density at radius 2 is 1.66 bits per heavy atom. The average Bonchev–Trinajstić information content (AvgIpc) is 3.05. The highest BCUT2D eigenvalue weighted by Gasteiger charge is 2.66. The Morgan fingerprint density at radius 3 is 2.28 bits per heavy atom. The summed E-state index contributed by atoms with van der Waals surface area (Å²) in [6.45, 7) is 9.52. The molecule has 0 N–H and O–H groups in total. The number of hydrogen-bond donors (Lipinski definition) is 0. The van der Waals surface area contributed by atoms with Crippen molar-refractivity contribution in [1.29, 1.82) is 0 Å². The number of rotatable bonds is 4. The molecule has 1 aromatic carbocycles. The van der Waals surface area contributed by atoms with Crippen LogP contribution in [0.4, 0.5) is 0 Å². The highest BCUT2D eigenvalue weighted by atomic mass is 16.6. The van der Waals surface area contributed by atoms with Gasteiger partial charge in [0.05, 0.1) is 20.6 Å². The van der Waals surface area contributed by atoms with E-state index < -0.39 is 5.60 Å². The smallest absolute Gasteiger partial charge is 0.306 e. The SMILES string of the molecule is COc1cc(OC)cc(C(C)C23CC[C@H]4C(C)(C)CCC[C@]4(C)[C@H]2CC(=O)O3)c1. The molecule has 5 atom stereocenters. The van der Waals surface area contributed by atoms with E-state index in [4.69, 9.17) is 14.2 Å². The van der Waals surface area contributed by atoms with E-state index in [0.29, 0.717) is 17.8 Å².